The molecule has 0 spiro atoms. The van der Waals surface area contributed by atoms with Crippen molar-refractivity contribution in [3.05, 3.63) is 28.1 Å². The van der Waals surface area contributed by atoms with Crippen molar-refractivity contribution in [3.63, 3.8) is 0 Å². The summed E-state index contributed by atoms with van der Waals surface area (Å²) in [7, 11) is 1.36. The first kappa shape index (κ1) is 18.4. The maximum absolute atomic E-state index is 11.8. The number of piperidine rings is 1. The van der Waals surface area contributed by atoms with Crippen LogP contribution in [-0.4, -0.2) is 36.2 Å². The Morgan fingerprint density at radius 3 is 2.68 bits per heavy atom. The Kier molecular flexibility index (Phi) is 5.51. The summed E-state index contributed by atoms with van der Waals surface area (Å²) in [6, 6.07) is 5.82. The Hall–Kier alpha value is -1.37. The highest BCUT2D eigenvalue weighted by molar-refractivity contribution is 7.80. The van der Waals surface area contributed by atoms with Gasteiger partial charge in [0.25, 0.3) is 0 Å². The normalized spacial score (nSPS) is 20.6. The van der Waals surface area contributed by atoms with E-state index in [0.29, 0.717) is 21.7 Å². The molecular weight excluding hydrogens is 376 g/mol. The number of thiocarbonyl (C=S) groups is 1. The van der Waals surface area contributed by atoms with E-state index in [1.165, 1.54) is 24.9 Å². The van der Waals surface area contributed by atoms with Crippen LogP contribution in [0, 0.1) is 11.8 Å². The summed E-state index contributed by atoms with van der Waals surface area (Å²) in [6.45, 7) is 6.49. The van der Waals surface area contributed by atoms with Crippen LogP contribution in [0.3, 0.4) is 0 Å². The molecule has 7 heteroatoms. The molecule has 1 N–H and O–H groups in total. The van der Waals surface area contributed by atoms with Crippen LogP contribution >= 0.6 is 35.2 Å². The zero-order valence-electron chi connectivity index (χ0n) is 14.5. The van der Waals surface area contributed by atoms with Gasteiger partial charge in [0.15, 0.2) is 5.11 Å². The molecule has 3 rings (SSSR count). The van der Waals surface area contributed by atoms with Gasteiger partial charge in [-0.05, 0) is 48.7 Å². The molecule has 1 aliphatic rings. The van der Waals surface area contributed by atoms with Crippen molar-refractivity contribution in [2.75, 3.05) is 25.5 Å². The maximum Gasteiger partial charge on any atom is 0.349 e. The van der Waals surface area contributed by atoms with E-state index in [0.717, 1.165) is 34.0 Å². The van der Waals surface area contributed by atoms with Gasteiger partial charge in [-0.1, -0.05) is 25.4 Å². The largest absolute Gasteiger partial charge is 0.465 e. The Bertz CT molecular complexity index is 811. The molecule has 0 bridgehead atoms. The zero-order valence-corrected chi connectivity index (χ0v) is 16.9. The fourth-order valence-corrected chi connectivity index (χ4v) is 5.13. The number of hydrogen-bond donors (Lipinski definition) is 1. The number of likely N-dealkylation sites (tertiary alicyclic amines) is 1. The number of methoxy groups -OCH3 is 1. The molecule has 25 heavy (non-hydrogen) atoms. The van der Waals surface area contributed by atoms with Gasteiger partial charge in [-0.3, -0.25) is 0 Å². The van der Waals surface area contributed by atoms with Gasteiger partial charge in [-0.15, -0.1) is 11.3 Å². The molecular formula is C18H21ClN2O2S2. The second-order valence-electron chi connectivity index (χ2n) is 6.73. The number of anilines is 1. The summed E-state index contributed by atoms with van der Waals surface area (Å²) < 4.78 is 5.71. The number of nitrogens with one attached hydrogen (secondary N) is 1. The van der Waals surface area contributed by atoms with Gasteiger partial charge in [0.05, 0.1) is 12.1 Å². The van der Waals surface area contributed by atoms with Gasteiger partial charge in [0.1, 0.15) is 4.88 Å². The number of carbonyl (C=O) groups excluding carboxylic acids is 1. The Morgan fingerprint density at radius 2 is 2.04 bits per heavy atom. The second kappa shape index (κ2) is 7.48. The molecule has 4 nitrogen and oxygen atoms in total. The number of esters is 1. The monoisotopic (exact) mass is 396 g/mol. The van der Waals surface area contributed by atoms with E-state index in [1.807, 2.05) is 18.2 Å². The van der Waals surface area contributed by atoms with Crippen LogP contribution in [0.25, 0.3) is 10.1 Å². The molecule has 0 aliphatic carbocycles. The summed E-state index contributed by atoms with van der Waals surface area (Å²) in [5.41, 5.74) is 0.901. The Balaban J connectivity index is 1.80. The highest BCUT2D eigenvalue weighted by Crippen LogP contribution is 2.37. The average Bonchev–Trinajstić information content (AvgIpc) is 2.89. The van der Waals surface area contributed by atoms with E-state index in [1.54, 1.807) is 0 Å². The minimum Gasteiger partial charge on any atom is -0.465 e. The average molecular weight is 397 g/mol. The van der Waals surface area contributed by atoms with Crippen LogP contribution in [0.15, 0.2) is 18.2 Å². The van der Waals surface area contributed by atoms with Gasteiger partial charge in [0.2, 0.25) is 0 Å². The molecule has 2 heterocycles. The quantitative estimate of drug-likeness (QED) is 0.570. The number of rotatable bonds is 2. The topological polar surface area (TPSA) is 41.6 Å². The summed E-state index contributed by atoms with van der Waals surface area (Å²) >= 11 is 13.2. The Labute approximate surface area is 162 Å². The molecule has 1 aromatic carbocycles. The first-order valence-corrected chi connectivity index (χ1v) is 9.85. The fourth-order valence-electron chi connectivity index (χ4n) is 3.40. The van der Waals surface area contributed by atoms with E-state index in [9.17, 15) is 4.79 Å². The van der Waals surface area contributed by atoms with E-state index < -0.39 is 5.97 Å². The number of nitrogens with zero attached hydrogens (tertiary/aromatic N) is 1. The minimum absolute atomic E-state index is 0.410. The number of carbonyl (C=O) groups is 1. The minimum atomic E-state index is -0.410. The van der Waals surface area contributed by atoms with Crippen molar-refractivity contribution in [2.24, 2.45) is 11.8 Å². The predicted molar refractivity (Wildman–Crippen MR) is 109 cm³/mol. The second-order valence-corrected chi connectivity index (χ2v) is 8.55. The van der Waals surface area contributed by atoms with E-state index in [-0.39, 0.29) is 0 Å². The van der Waals surface area contributed by atoms with Crippen molar-refractivity contribution in [1.29, 1.82) is 0 Å². The van der Waals surface area contributed by atoms with E-state index >= 15 is 0 Å². The van der Waals surface area contributed by atoms with Crippen molar-refractivity contribution in [3.8, 4) is 0 Å². The van der Waals surface area contributed by atoms with Gasteiger partial charge in [-0.2, -0.15) is 0 Å². The molecule has 1 fully saturated rings. The van der Waals surface area contributed by atoms with Crippen LogP contribution in [0.1, 0.15) is 29.9 Å². The number of halogens is 1. The molecule has 0 unspecified atom stereocenters. The van der Waals surface area contributed by atoms with E-state index in [2.05, 4.69) is 24.1 Å². The van der Waals surface area contributed by atoms with Crippen LogP contribution in [0.2, 0.25) is 5.02 Å². The standard InChI is InChI=1S/C18H21ClN2O2S2/c1-10-6-11(2)9-21(8-10)18(24)20-12-4-5-13-14(7-12)25-16(15(13)19)17(22)23-3/h4-5,7,10-11H,6,8-9H2,1-3H3,(H,20,24)/t10-,11+. The van der Waals surface area contributed by atoms with Crippen LogP contribution in [0.4, 0.5) is 5.69 Å². The lowest BCUT2D eigenvalue weighted by atomic mass is 9.92. The summed E-state index contributed by atoms with van der Waals surface area (Å²) in [5.74, 6) is 0.877. The van der Waals surface area contributed by atoms with Gasteiger partial charge < -0.3 is 15.0 Å². The van der Waals surface area contributed by atoms with Crippen LogP contribution in [0.5, 0.6) is 0 Å². The summed E-state index contributed by atoms with van der Waals surface area (Å²) in [6.07, 6.45) is 1.25. The number of hydrogen-bond acceptors (Lipinski definition) is 4. The third kappa shape index (κ3) is 3.91. The first-order chi connectivity index (χ1) is 11.9. The lowest BCUT2D eigenvalue weighted by molar-refractivity contribution is 0.0606. The first-order valence-electron chi connectivity index (χ1n) is 8.25. The molecule has 1 saturated heterocycles. The maximum atomic E-state index is 11.8. The molecule has 0 radical (unpaired) electrons. The van der Waals surface area contributed by atoms with Crippen LogP contribution in [-0.2, 0) is 4.74 Å². The van der Waals surface area contributed by atoms with Gasteiger partial charge in [0, 0.05) is 28.9 Å². The fraction of sp³-hybridized carbons (Fsp3) is 0.444. The molecule has 2 aromatic rings. The molecule has 0 saturated carbocycles. The SMILES string of the molecule is COC(=O)c1sc2cc(NC(=S)N3C[C@H](C)C[C@H](C)C3)ccc2c1Cl. The van der Waals surface area contributed by atoms with Crippen molar-refractivity contribution in [1.82, 2.24) is 4.90 Å². The lowest BCUT2D eigenvalue weighted by Gasteiger charge is -2.36. The molecule has 1 aromatic heterocycles. The van der Waals surface area contributed by atoms with Crippen molar-refractivity contribution >= 4 is 62.0 Å². The number of thiophene rings is 1. The molecule has 1 aliphatic heterocycles. The van der Waals surface area contributed by atoms with Gasteiger partial charge >= 0.3 is 5.97 Å². The van der Waals surface area contributed by atoms with Crippen molar-refractivity contribution in [2.45, 2.75) is 20.3 Å². The smallest absolute Gasteiger partial charge is 0.349 e. The Morgan fingerprint density at radius 1 is 1.36 bits per heavy atom. The van der Waals surface area contributed by atoms with Crippen molar-refractivity contribution < 1.29 is 9.53 Å². The molecule has 2 atom stereocenters. The highest BCUT2D eigenvalue weighted by Gasteiger charge is 2.24. The zero-order chi connectivity index (χ0) is 18.1. The number of ether oxygens (including phenoxy) is 1. The summed E-state index contributed by atoms with van der Waals surface area (Å²) in [5, 5.41) is 5.36. The summed E-state index contributed by atoms with van der Waals surface area (Å²) in [4.78, 5) is 14.5. The van der Waals surface area contributed by atoms with E-state index in [4.69, 9.17) is 28.6 Å². The highest BCUT2D eigenvalue weighted by atomic mass is 35.5. The predicted octanol–water partition coefficient (Wildman–Crippen LogP) is 5.02. The van der Waals surface area contributed by atoms with Crippen LogP contribution < -0.4 is 5.32 Å². The third-order valence-electron chi connectivity index (χ3n) is 4.41. The molecule has 0 amide bonds. The lowest BCUT2D eigenvalue weighted by Crippen LogP contribution is -2.44. The number of fused-ring (bicyclic) bond motifs is 1. The third-order valence-corrected chi connectivity index (χ3v) is 6.41. The molecule has 134 valence electrons. The number of benzene rings is 1. The van der Waals surface area contributed by atoms with Gasteiger partial charge in [-0.25, -0.2) is 4.79 Å².